The van der Waals surface area contributed by atoms with E-state index >= 15 is 0 Å². The van der Waals surface area contributed by atoms with Gasteiger partial charge in [0.2, 0.25) is 15.9 Å². The Morgan fingerprint density at radius 2 is 1.62 bits per heavy atom. The Balaban J connectivity index is 1.61. The van der Waals surface area contributed by atoms with Gasteiger partial charge in [0, 0.05) is 45.7 Å². The lowest BCUT2D eigenvalue weighted by atomic mass is 10.1. The van der Waals surface area contributed by atoms with Gasteiger partial charge in [-0.2, -0.15) is 4.31 Å². The third-order valence-corrected chi connectivity index (χ3v) is 7.24. The van der Waals surface area contributed by atoms with Crippen LogP contribution < -0.4 is 10.6 Å². The molecule has 0 atom stereocenters. The normalized spacial score (nSPS) is 16.6. The first-order valence-corrected chi connectivity index (χ1v) is 12.3. The maximum atomic E-state index is 13.0. The summed E-state index contributed by atoms with van der Waals surface area (Å²) in [6.45, 7) is 1.93. The molecular weight excluding hydrogens is 428 g/mol. The van der Waals surface area contributed by atoms with Crippen LogP contribution in [0.25, 0.3) is 0 Å². The Labute approximate surface area is 189 Å². The number of hydrogen-bond donors (Lipinski definition) is 2. The van der Waals surface area contributed by atoms with E-state index < -0.39 is 10.0 Å². The molecule has 1 fully saturated rings. The smallest absolute Gasteiger partial charge is 0.317 e. The van der Waals surface area contributed by atoms with Crippen LogP contribution in [-0.2, 0) is 21.2 Å². The molecule has 1 aliphatic heterocycles. The molecule has 0 unspecified atom stereocenters. The van der Waals surface area contributed by atoms with Crippen molar-refractivity contribution in [2.45, 2.75) is 24.2 Å². The van der Waals surface area contributed by atoms with Crippen LogP contribution >= 0.6 is 0 Å². The van der Waals surface area contributed by atoms with Gasteiger partial charge in [-0.1, -0.05) is 48.5 Å². The van der Waals surface area contributed by atoms with E-state index in [1.165, 1.54) is 4.31 Å². The number of carbonyl (C=O) groups is 2. The molecule has 2 N–H and O–H groups in total. The van der Waals surface area contributed by atoms with Crippen molar-refractivity contribution in [3.63, 3.8) is 0 Å². The van der Waals surface area contributed by atoms with E-state index in [2.05, 4.69) is 10.6 Å². The molecule has 0 radical (unpaired) electrons. The lowest BCUT2D eigenvalue weighted by Gasteiger charge is -2.25. The van der Waals surface area contributed by atoms with Gasteiger partial charge in [0.05, 0.1) is 4.90 Å². The molecule has 8 nitrogen and oxygen atoms in total. The second kappa shape index (κ2) is 11.6. The Kier molecular flexibility index (Phi) is 8.64. The molecule has 3 amide bonds. The summed E-state index contributed by atoms with van der Waals surface area (Å²) in [5.74, 6) is -0.232. The zero-order valence-electron chi connectivity index (χ0n) is 18.1. The number of amides is 3. The van der Waals surface area contributed by atoms with Gasteiger partial charge < -0.3 is 15.5 Å². The molecule has 0 aliphatic carbocycles. The van der Waals surface area contributed by atoms with Gasteiger partial charge in [-0.15, -0.1) is 0 Å². The van der Waals surface area contributed by atoms with E-state index in [0.717, 1.165) is 12.0 Å². The van der Waals surface area contributed by atoms with Gasteiger partial charge in [-0.3, -0.25) is 4.79 Å². The summed E-state index contributed by atoms with van der Waals surface area (Å²) in [5, 5.41) is 5.70. The molecule has 0 aromatic heterocycles. The van der Waals surface area contributed by atoms with Crippen molar-refractivity contribution >= 4 is 22.0 Å². The van der Waals surface area contributed by atoms with Crippen LogP contribution in [0.5, 0.6) is 0 Å². The monoisotopic (exact) mass is 458 g/mol. The van der Waals surface area contributed by atoms with Crippen molar-refractivity contribution in [1.29, 1.82) is 0 Å². The Morgan fingerprint density at radius 1 is 0.938 bits per heavy atom. The Hall–Kier alpha value is -2.91. The minimum absolute atomic E-state index is 0.0787. The number of sulfonamides is 1. The minimum Gasteiger partial charge on any atom is -0.354 e. The maximum Gasteiger partial charge on any atom is 0.317 e. The van der Waals surface area contributed by atoms with E-state index in [-0.39, 0.29) is 36.3 Å². The number of carbonyl (C=O) groups excluding carboxylic acids is 2. The summed E-state index contributed by atoms with van der Waals surface area (Å²) >= 11 is 0. The highest BCUT2D eigenvalue weighted by atomic mass is 32.2. The number of rotatable bonds is 5. The van der Waals surface area contributed by atoms with Crippen LogP contribution in [0.3, 0.4) is 0 Å². The van der Waals surface area contributed by atoms with Crippen LogP contribution in [0.1, 0.15) is 18.4 Å². The fourth-order valence-electron chi connectivity index (χ4n) is 3.56. The van der Waals surface area contributed by atoms with Crippen LogP contribution in [0.2, 0.25) is 0 Å². The molecule has 0 bridgehead atoms. The molecule has 2 aromatic rings. The third kappa shape index (κ3) is 6.80. The van der Waals surface area contributed by atoms with Gasteiger partial charge in [0.25, 0.3) is 0 Å². The highest BCUT2D eigenvalue weighted by Gasteiger charge is 2.25. The van der Waals surface area contributed by atoms with Crippen LogP contribution in [-0.4, -0.2) is 68.8 Å². The summed E-state index contributed by atoms with van der Waals surface area (Å²) in [6, 6.07) is 17.9. The van der Waals surface area contributed by atoms with Crippen LogP contribution in [0, 0.1) is 0 Å². The zero-order chi connectivity index (χ0) is 22.8. The quantitative estimate of drug-likeness (QED) is 0.714. The summed E-state index contributed by atoms with van der Waals surface area (Å²) in [5.41, 5.74) is 1.14. The van der Waals surface area contributed by atoms with E-state index in [1.54, 1.807) is 35.2 Å². The molecule has 2 aromatic carbocycles. The lowest BCUT2D eigenvalue weighted by molar-refractivity contribution is -0.121. The van der Waals surface area contributed by atoms with Crippen molar-refractivity contribution in [2.75, 3.05) is 39.3 Å². The topological polar surface area (TPSA) is 98.8 Å². The molecule has 1 aliphatic rings. The molecule has 3 rings (SSSR count). The molecule has 0 saturated carbocycles. The highest BCUT2D eigenvalue weighted by molar-refractivity contribution is 7.89. The third-order valence-electron chi connectivity index (χ3n) is 5.33. The molecule has 32 heavy (non-hydrogen) atoms. The van der Waals surface area contributed by atoms with E-state index in [1.807, 2.05) is 30.3 Å². The maximum absolute atomic E-state index is 13.0. The minimum atomic E-state index is -3.71. The highest BCUT2D eigenvalue weighted by Crippen LogP contribution is 2.16. The molecule has 1 heterocycles. The fraction of sp³-hybridized carbons (Fsp3) is 0.391. The molecule has 172 valence electrons. The van der Waals surface area contributed by atoms with E-state index in [9.17, 15) is 18.0 Å². The number of hydrogen-bond acceptors (Lipinski definition) is 4. The van der Waals surface area contributed by atoms with Crippen molar-refractivity contribution < 1.29 is 18.0 Å². The van der Waals surface area contributed by atoms with Crippen molar-refractivity contribution in [3.8, 4) is 0 Å². The standard InChI is InChI=1S/C23H30N4O4S/c28-22-13-18-27(32(30,31)21-10-5-2-6-11-21)17-7-16-26(19-15-24-22)23(29)25-14-12-20-8-3-1-4-9-20/h1-6,8-11H,7,12-19H2,(H,24,28)(H,25,29). The first-order valence-electron chi connectivity index (χ1n) is 10.9. The number of urea groups is 1. The van der Waals surface area contributed by atoms with Crippen molar-refractivity contribution in [2.24, 2.45) is 0 Å². The van der Waals surface area contributed by atoms with Crippen LogP contribution in [0.4, 0.5) is 4.79 Å². The zero-order valence-corrected chi connectivity index (χ0v) is 18.9. The molecular formula is C23H30N4O4S. The summed E-state index contributed by atoms with van der Waals surface area (Å²) in [4.78, 5) is 26.7. The van der Waals surface area contributed by atoms with E-state index in [4.69, 9.17) is 0 Å². The van der Waals surface area contributed by atoms with Gasteiger partial charge in [0.15, 0.2) is 0 Å². The Morgan fingerprint density at radius 3 is 2.34 bits per heavy atom. The predicted molar refractivity (Wildman–Crippen MR) is 123 cm³/mol. The number of benzene rings is 2. The molecule has 0 spiro atoms. The lowest BCUT2D eigenvalue weighted by Crippen LogP contribution is -2.45. The number of nitrogens with zero attached hydrogens (tertiary/aromatic N) is 2. The second-order valence-electron chi connectivity index (χ2n) is 7.63. The van der Waals surface area contributed by atoms with Gasteiger partial charge in [-0.25, -0.2) is 13.2 Å². The molecule has 1 saturated heterocycles. The first kappa shape index (κ1) is 23.7. The first-order chi connectivity index (χ1) is 15.5. The van der Waals surface area contributed by atoms with Crippen LogP contribution in [0.15, 0.2) is 65.6 Å². The fourth-order valence-corrected chi connectivity index (χ4v) is 5.06. The van der Waals surface area contributed by atoms with Crippen molar-refractivity contribution in [1.82, 2.24) is 19.8 Å². The average Bonchev–Trinajstić information content (AvgIpc) is 2.85. The summed E-state index contributed by atoms with van der Waals surface area (Å²) < 4.78 is 27.4. The molecule has 9 heteroatoms. The van der Waals surface area contributed by atoms with Gasteiger partial charge in [-0.05, 0) is 30.5 Å². The van der Waals surface area contributed by atoms with E-state index in [0.29, 0.717) is 32.6 Å². The average molecular weight is 459 g/mol. The largest absolute Gasteiger partial charge is 0.354 e. The van der Waals surface area contributed by atoms with Gasteiger partial charge >= 0.3 is 6.03 Å². The Bertz CT molecular complexity index is 984. The predicted octanol–water partition coefficient (Wildman–Crippen LogP) is 1.84. The summed E-state index contributed by atoms with van der Waals surface area (Å²) in [6.07, 6.45) is 1.28. The summed E-state index contributed by atoms with van der Waals surface area (Å²) in [7, 11) is -3.71. The SMILES string of the molecule is O=C1CCN(S(=O)(=O)c2ccccc2)CCCN(C(=O)NCCc2ccccc2)CCN1. The second-order valence-corrected chi connectivity index (χ2v) is 9.56. The number of nitrogens with one attached hydrogen (secondary N) is 2. The van der Waals surface area contributed by atoms with Gasteiger partial charge in [0.1, 0.15) is 0 Å². The van der Waals surface area contributed by atoms with Crippen molar-refractivity contribution in [3.05, 3.63) is 66.2 Å².